The van der Waals surface area contributed by atoms with E-state index >= 15 is 0 Å². The molecule has 0 aromatic heterocycles. The molecule has 0 heterocycles. The second kappa shape index (κ2) is 7.22. The van der Waals surface area contributed by atoms with E-state index < -0.39 is 17.4 Å². The van der Waals surface area contributed by atoms with Crippen LogP contribution in [-0.4, -0.2) is 41.0 Å². The highest BCUT2D eigenvalue weighted by atomic mass is 16.3. The van der Waals surface area contributed by atoms with Gasteiger partial charge in [-0.25, -0.2) is 0 Å². The summed E-state index contributed by atoms with van der Waals surface area (Å²) < 4.78 is 0. The van der Waals surface area contributed by atoms with E-state index in [0.717, 1.165) is 18.4 Å². The van der Waals surface area contributed by atoms with Gasteiger partial charge in [0.2, 0.25) is 0 Å². The maximum Gasteiger partial charge on any atom is 0.313 e. The Morgan fingerprint density at radius 3 is 2.48 bits per heavy atom. The lowest BCUT2D eigenvalue weighted by Gasteiger charge is -2.25. The predicted molar refractivity (Wildman–Crippen MR) is 83.0 cm³/mol. The number of carbonyl (C=O) groups excluding carboxylic acids is 2. The Balaban J connectivity index is 2.75. The molecular weight excluding hydrogens is 268 g/mol. The number of hydrogen-bond donors (Lipinski definition) is 2. The molecule has 0 atom stereocenters. The second-order valence-electron chi connectivity index (χ2n) is 5.83. The van der Waals surface area contributed by atoms with Gasteiger partial charge in [0.1, 0.15) is 0 Å². The van der Waals surface area contributed by atoms with Crippen LogP contribution in [0.5, 0.6) is 0 Å². The molecule has 0 aliphatic rings. The third-order valence-corrected chi connectivity index (χ3v) is 2.95. The number of nitrogens with zero attached hydrogens (tertiary/aromatic N) is 1. The molecule has 1 rings (SSSR count). The van der Waals surface area contributed by atoms with E-state index in [1.807, 2.05) is 18.2 Å². The quantitative estimate of drug-likeness (QED) is 0.813. The molecule has 1 aromatic carbocycles. The van der Waals surface area contributed by atoms with Gasteiger partial charge < -0.3 is 15.3 Å². The Morgan fingerprint density at radius 2 is 1.90 bits per heavy atom. The maximum atomic E-state index is 12.0. The Hall–Kier alpha value is -1.88. The fourth-order valence-electron chi connectivity index (χ4n) is 2.13. The van der Waals surface area contributed by atoms with Crippen LogP contribution in [0.2, 0.25) is 0 Å². The molecule has 0 fully saturated rings. The van der Waals surface area contributed by atoms with Crippen LogP contribution in [0.15, 0.2) is 24.3 Å². The summed E-state index contributed by atoms with van der Waals surface area (Å²) in [6, 6.07) is 7.44. The SMILES string of the molecule is CCCc1ccccc1NC(=O)C(=O)N(C)CC(C)(C)O. The van der Waals surface area contributed by atoms with Crippen molar-refractivity contribution in [2.75, 3.05) is 18.9 Å². The van der Waals surface area contributed by atoms with Gasteiger partial charge in [0.05, 0.1) is 5.60 Å². The lowest BCUT2D eigenvalue weighted by atomic mass is 10.1. The maximum absolute atomic E-state index is 12.0. The highest BCUT2D eigenvalue weighted by molar-refractivity contribution is 6.39. The highest BCUT2D eigenvalue weighted by Crippen LogP contribution is 2.17. The van der Waals surface area contributed by atoms with Crippen LogP contribution in [0.3, 0.4) is 0 Å². The monoisotopic (exact) mass is 292 g/mol. The first-order chi connectivity index (χ1) is 9.74. The normalized spacial score (nSPS) is 11.1. The number of likely N-dealkylation sites (N-methyl/N-ethyl adjacent to an activating group) is 1. The number of aryl methyl sites for hydroxylation is 1. The van der Waals surface area contributed by atoms with Crippen molar-refractivity contribution in [1.29, 1.82) is 0 Å². The number of rotatable bonds is 5. The van der Waals surface area contributed by atoms with Crippen LogP contribution in [0.1, 0.15) is 32.8 Å². The van der Waals surface area contributed by atoms with Crippen LogP contribution in [0, 0.1) is 0 Å². The largest absolute Gasteiger partial charge is 0.389 e. The number of anilines is 1. The van der Waals surface area contributed by atoms with Crippen molar-refractivity contribution in [1.82, 2.24) is 4.90 Å². The molecule has 0 spiro atoms. The molecule has 2 amide bonds. The number of amides is 2. The van der Waals surface area contributed by atoms with Gasteiger partial charge in [-0.3, -0.25) is 9.59 Å². The first-order valence-corrected chi connectivity index (χ1v) is 7.11. The Labute approximate surface area is 126 Å². The highest BCUT2D eigenvalue weighted by Gasteiger charge is 2.24. The zero-order valence-corrected chi connectivity index (χ0v) is 13.1. The molecule has 0 radical (unpaired) electrons. The minimum Gasteiger partial charge on any atom is -0.389 e. The summed E-state index contributed by atoms with van der Waals surface area (Å²) in [6.45, 7) is 5.33. The molecule has 0 bridgehead atoms. The fourth-order valence-corrected chi connectivity index (χ4v) is 2.13. The van der Waals surface area contributed by atoms with Gasteiger partial charge >= 0.3 is 11.8 Å². The van der Waals surface area contributed by atoms with Gasteiger partial charge in [-0.2, -0.15) is 0 Å². The molecule has 1 aromatic rings. The van der Waals surface area contributed by atoms with E-state index in [1.54, 1.807) is 19.9 Å². The number of nitrogens with one attached hydrogen (secondary N) is 1. The summed E-state index contributed by atoms with van der Waals surface area (Å²) in [7, 11) is 1.50. The van der Waals surface area contributed by atoms with E-state index in [9.17, 15) is 14.7 Å². The molecule has 5 heteroatoms. The predicted octanol–water partition coefficient (Wildman–Crippen LogP) is 1.81. The standard InChI is InChI=1S/C16H24N2O3/c1-5-8-12-9-6-7-10-13(12)17-14(19)15(20)18(4)11-16(2,3)21/h6-7,9-10,21H,5,8,11H2,1-4H3,(H,17,19). The average molecular weight is 292 g/mol. The van der Waals surface area contributed by atoms with Crippen molar-refractivity contribution in [2.45, 2.75) is 39.2 Å². The van der Waals surface area contributed by atoms with Gasteiger partial charge in [0, 0.05) is 19.3 Å². The summed E-state index contributed by atoms with van der Waals surface area (Å²) >= 11 is 0. The van der Waals surface area contributed by atoms with Crippen LogP contribution in [0.4, 0.5) is 5.69 Å². The van der Waals surface area contributed by atoms with Crippen molar-refractivity contribution < 1.29 is 14.7 Å². The lowest BCUT2D eigenvalue weighted by Crippen LogP contribution is -2.44. The summed E-state index contributed by atoms with van der Waals surface area (Å²) in [5.41, 5.74) is 0.630. The van der Waals surface area contributed by atoms with E-state index in [-0.39, 0.29) is 6.54 Å². The van der Waals surface area contributed by atoms with Crippen LogP contribution < -0.4 is 5.32 Å². The molecule has 0 saturated carbocycles. The van der Waals surface area contributed by atoms with Gasteiger partial charge in [0.25, 0.3) is 0 Å². The third-order valence-electron chi connectivity index (χ3n) is 2.95. The fraction of sp³-hybridized carbons (Fsp3) is 0.500. The van der Waals surface area contributed by atoms with E-state index in [0.29, 0.717) is 5.69 Å². The summed E-state index contributed by atoms with van der Waals surface area (Å²) in [5, 5.41) is 12.3. The molecule has 0 saturated heterocycles. The number of carbonyl (C=O) groups is 2. The number of benzene rings is 1. The Kier molecular flexibility index (Phi) is 5.90. The molecule has 2 N–H and O–H groups in total. The van der Waals surface area contributed by atoms with Gasteiger partial charge in [0.15, 0.2) is 0 Å². The van der Waals surface area contributed by atoms with Crippen molar-refractivity contribution in [3.8, 4) is 0 Å². The number of para-hydroxylation sites is 1. The molecule has 21 heavy (non-hydrogen) atoms. The van der Waals surface area contributed by atoms with Crippen LogP contribution >= 0.6 is 0 Å². The van der Waals surface area contributed by atoms with Gasteiger partial charge in [-0.1, -0.05) is 31.5 Å². The van der Waals surface area contributed by atoms with E-state index in [2.05, 4.69) is 12.2 Å². The molecular formula is C16H24N2O3. The number of aliphatic hydroxyl groups is 1. The first kappa shape index (κ1) is 17.2. The molecule has 0 aliphatic heterocycles. The van der Waals surface area contributed by atoms with Crippen molar-refractivity contribution >= 4 is 17.5 Å². The van der Waals surface area contributed by atoms with Crippen LogP contribution in [-0.2, 0) is 16.0 Å². The zero-order chi connectivity index (χ0) is 16.0. The topological polar surface area (TPSA) is 69.6 Å². The smallest absolute Gasteiger partial charge is 0.313 e. The van der Waals surface area contributed by atoms with E-state index in [4.69, 9.17) is 0 Å². The van der Waals surface area contributed by atoms with Crippen molar-refractivity contribution in [3.05, 3.63) is 29.8 Å². The molecule has 0 aliphatic carbocycles. The molecule has 5 nitrogen and oxygen atoms in total. The zero-order valence-electron chi connectivity index (χ0n) is 13.1. The summed E-state index contributed by atoms with van der Waals surface area (Å²) in [6.07, 6.45) is 1.80. The molecule has 116 valence electrons. The minimum absolute atomic E-state index is 0.0931. The minimum atomic E-state index is -1.04. The van der Waals surface area contributed by atoms with E-state index in [1.165, 1.54) is 11.9 Å². The van der Waals surface area contributed by atoms with Crippen LogP contribution in [0.25, 0.3) is 0 Å². The van der Waals surface area contributed by atoms with Gasteiger partial charge in [-0.05, 0) is 31.9 Å². The van der Waals surface area contributed by atoms with Crippen molar-refractivity contribution in [2.24, 2.45) is 0 Å². The first-order valence-electron chi connectivity index (χ1n) is 7.11. The van der Waals surface area contributed by atoms with Crippen molar-refractivity contribution in [3.63, 3.8) is 0 Å². The third kappa shape index (κ3) is 5.55. The average Bonchev–Trinajstić information content (AvgIpc) is 2.38. The summed E-state index contributed by atoms with van der Waals surface area (Å²) in [5.74, 6) is -1.35. The lowest BCUT2D eigenvalue weighted by molar-refractivity contribution is -0.143. The summed E-state index contributed by atoms with van der Waals surface area (Å²) in [4.78, 5) is 25.2. The molecule has 0 unspecified atom stereocenters. The Morgan fingerprint density at radius 1 is 1.29 bits per heavy atom. The Bertz CT molecular complexity index is 506. The number of hydrogen-bond acceptors (Lipinski definition) is 3. The van der Waals surface area contributed by atoms with Gasteiger partial charge in [-0.15, -0.1) is 0 Å². The second-order valence-corrected chi connectivity index (χ2v) is 5.83.